The van der Waals surface area contributed by atoms with Gasteiger partial charge in [0.05, 0.1) is 10.7 Å². The monoisotopic (exact) mass is 308 g/mol. The van der Waals surface area contributed by atoms with Crippen molar-refractivity contribution in [1.82, 2.24) is 5.32 Å². The van der Waals surface area contributed by atoms with Crippen LogP contribution in [-0.2, 0) is 6.54 Å². The van der Waals surface area contributed by atoms with Crippen molar-refractivity contribution >= 4 is 17.3 Å². The highest BCUT2D eigenvalue weighted by atomic mass is 35.5. The molecule has 0 atom stereocenters. The molecule has 2 rings (SSSR count). The minimum atomic E-state index is 0.666. The van der Waals surface area contributed by atoms with E-state index in [2.05, 4.69) is 36.2 Å². The number of nitrogens with zero attached hydrogens (tertiary/aromatic N) is 1. The molecule has 0 unspecified atom stereocenters. The Morgan fingerprint density at radius 1 is 1.29 bits per heavy atom. The molecule has 0 bridgehead atoms. The van der Waals surface area contributed by atoms with Crippen LogP contribution in [0.15, 0.2) is 18.2 Å². The van der Waals surface area contributed by atoms with Crippen LogP contribution >= 0.6 is 11.6 Å². The third-order valence-corrected chi connectivity index (χ3v) is 4.74. The molecule has 21 heavy (non-hydrogen) atoms. The van der Waals surface area contributed by atoms with E-state index < -0.39 is 0 Å². The molecule has 1 aliphatic carbocycles. The molecule has 0 radical (unpaired) electrons. The third-order valence-electron chi connectivity index (χ3n) is 4.44. The van der Waals surface area contributed by atoms with E-state index in [1.807, 2.05) is 13.1 Å². The lowest BCUT2D eigenvalue weighted by Gasteiger charge is -2.34. The molecule has 0 saturated heterocycles. The largest absolute Gasteiger partial charge is 0.367 e. The van der Waals surface area contributed by atoms with Gasteiger partial charge in [-0.3, -0.25) is 0 Å². The number of hydrogen-bond donors (Lipinski definition) is 1. The van der Waals surface area contributed by atoms with E-state index in [1.54, 1.807) is 0 Å². The van der Waals surface area contributed by atoms with E-state index in [9.17, 15) is 0 Å². The van der Waals surface area contributed by atoms with Gasteiger partial charge in [0.25, 0.3) is 0 Å². The van der Waals surface area contributed by atoms with Crippen LogP contribution in [0.1, 0.15) is 51.5 Å². The Labute approximate surface area is 134 Å². The van der Waals surface area contributed by atoms with E-state index in [-0.39, 0.29) is 0 Å². The van der Waals surface area contributed by atoms with Crippen molar-refractivity contribution in [2.45, 2.75) is 58.5 Å². The van der Waals surface area contributed by atoms with Gasteiger partial charge in [-0.05, 0) is 43.9 Å². The Kier molecular flexibility index (Phi) is 6.38. The summed E-state index contributed by atoms with van der Waals surface area (Å²) in [6.07, 6.45) is 6.55. The number of benzene rings is 1. The van der Waals surface area contributed by atoms with Crippen molar-refractivity contribution in [1.29, 1.82) is 0 Å². The fourth-order valence-electron chi connectivity index (χ4n) is 3.30. The van der Waals surface area contributed by atoms with E-state index >= 15 is 0 Å². The van der Waals surface area contributed by atoms with Crippen molar-refractivity contribution in [2.24, 2.45) is 5.92 Å². The van der Waals surface area contributed by atoms with Crippen LogP contribution in [0, 0.1) is 5.92 Å². The molecule has 0 aliphatic heterocycles. The molecular weight excluding hydrogens is 280 g/mol. The summed E-state index contributed by atoms with van der Waals surface area (Å²) in [4.78, 5) is 2.60. The zero-order valence-corrected chi connectivity index (χ0v) is 14.4. The van der Waals surface area contributed by atoms with Crippen LogP contribution in [0.2, 0.25) is 5.02 Å². The van der Waals surface area contributed by atoms with Crippen molar-refractivity contribution in [3.8, 4) is 0 Å². The summed E-state index contributed by atoms with van der Waals surface area (Å²) in [5.74, 6) is 0.726. The van der Waals surface area contributed by atoms with Crippen LogP contribution in [0.4, 0.5) is 5.69 Å². The van der Waals surface area contributed by atoms with Gasteiger partial charge in [-0.2, -0.15) is 0 Å². The summed E-state index contributed by atoms with van der Waals surface area (Å²) in [7, 11) is 2.00. The van der Waals surface area contributed by atoms with Gasteiger partial charge >= 0.3 is 0 Å². The lowest BCUT2D eigenvalue weighted by atomic mass is 10.1. The molecule has 1 fully saturated rings. The maximum absolute atomic E-state index is 6.58. The SMILES string of the molecule is CNCc1cccc(Cl)c1N(CCC(C)C)C1CCCC1. The minimum Gasteiger partial charge on any atom is -0.367 e. The highest BCUT2D eigenvalue weighted by Gasteiger charge is 2.25. The van der Waals surface area contributed by atoms with Crippen LogP contribution in [0.5, 0.6) is 0 Å². The van der Waals surface area contributed by atoms with Crippen LogP contribution < -0.4 is 10.2 Å². The molecular formula is C18H29ClN2. The predicted molar refractivity (Wildman–Crippen MR) is 93.3 cm³/mol. The van der Waals surface area contributed by atoms with Gasteiger partial charge in [0, 0.05) is 19.1 Å². The topological polar surface area (TPSA) is 15.3 Å². The molecule has 0 amide bonds. The summed E-state index contributed by atoms with van der Waals surface area (Å²) in [6, 6.07) is 6.97. The van der Waals surface area contributed by atoms with Gasteiger partial charge in [0.2, 0.25) is 0 Å². The number of nitrogens with one attached hydrogen (secondary N) is 1. The van der Waals surface area contributed by atoms with Gasteiger partial charge in [-0.15, -0.1) is 0 Å². The minimum absolute atomic E-state index is 0.666. The molecule has 0 aromatic heterocycles. The maximum Gasteiger partial charge on any atom is 0.0643 e. The second kappa shape index (κ2) is 8.05. The van der Waals surface area contributed by atoms with Gasteiger partial charge < -0.3 is 10.2 Å². The van der Waals surface area contributed by atoms with E-state index in [1.165, 1.54) is 43.4 Å². The van der Waals surface area contributed by atoms with Crippen molar-refractivity contribution in [3.63, 3.8) is 0 Å². The lowest BCUT2D eigenvalue weighted by Crippen LogP contribution is -2.36. The average Bonchev–Trinajstić information content (AvgIpc) is 2.95. The number of hydrogen-bond acceptors (Lipinski definition) is 2. The Morgan fingerprint density at radius 2 is 2.00 bits per heavy atom. The van der Waals surface area contributed by atoms with Crippen LogP contribution in [0.25, 0.3) is 0 Å². The first kappa shape index (κ1) is 16.6. The second-order valence-electron chi connectivity index (χ2n) is 6.59. The molecule has 3 heteroatoms. The number of para-hydroxylation sites is 1. The Hall–Kier alpha value is -0.730. The number of anilines is 1. The molecule has 0 heterocycles. The Morgan fingerprint density at radius 3 is 2.62 bits per heavy atom. The molecule has 118 valence electrons. The van der Waals surface area contributed by atoms with Crippen LogP contribution in [-0.4, -0.2) is 19.6 Å². The molecule has 2 nitrogen and oxygen atoms in total. The Balaban J connectivity index is 2.30. The Bertz CT molecular complexity index is 439. The maximum atomic E-state index is 6.58. The highest BCUT2D eigenvalue weighted by molar-refractivity contribution is 6.33. The van der Waals surface area contributed by atoms with E-state index in [0.717, 1.165) is 24.0 Å². The zero-order chi connectivity index (χ0) is 15.2. The zero-order valence-electron chi connectivity index (χ0n) is 13.7. The first-order chi connectivity index (χ1) is 10.1. The third kappa shape index (κ3) is 4.37. The van der Waals surface area contributed by atoms with Gasteiger partial charge in [0.15, 0.2) is 0 Å². The average molecular weight is 309 g/mol. The second-order valence-corrected chi connectivity index (χ2v) is 7.00. The van der Waals surface area contributed by atoms with Gasteiger partial charge in [-0.1, -0.05) is 50.4 Å². The molecule has 1 aromatic carbocycles. The first-order valence-electron chi connectivity index (χ1n) is 8.32. The standard InChI is InChI=1S/C18H29ClN2/c1-14(2)11-12-21(16-8-4-5-9-16)18-15(13-20-3)7-6-10-17(18)19/h6-7,10,14,16,20H,4-5,8-9,11-13H2,1-3H3. The van der Waals surface area contributed by atoms with Gasteiger partial charge in [0.1, 0.15) is 0 Å². The van der Waals surface area contributed by atoms with Crippen molar-refractivity contribution in [2.75, 3.05) is 18.5 Å². The number of halogens is 1. The summed E-state index contributed by atoms with van der Waals surface area (Å²) < 4.78 is 0. The molecule has 1 saturated carbocycles. The summed E-state index contributed by atoms with van der Waals surface area (Å²) in [6.45, 7) is 6.59. The highest BCUT2D eigenvalue weighted by Crippen LogP contribution is 2.36. The fourth-order valence-corrected chi connectivity index (χ4v) is 3.61. The quantitative estimate of drug-likeness (QED) is 0.774. The van der Waals surface area contributed by atoms with Crippen molar-refractivity contribution < 1.29 is 0 Å². The smallest absolute Gasteiger partial charge is 0.0643 e. The first-order valence-corrected chi connectivity index (χ1v) is 8.70. The van der Waals surface area contributed by atoms with Crippen molar-refractivity contribution in [3.05, 3.63) is 28.8 Å². The number of rotatable bonds is 7. The van der Waals surface area contributed by atoms with E-state index in [0.29, 0.717) is 6.04 Å². The normalized spacial score (nSPS) is 15.9. The summed E-state index contributed by atoms with van der Waals surface area (Å²) in [5, 5.41) is 4.18. The van der Waals surface area contributed by atoms with E-state index in [4.69, 9.17) is 11.6 Å². The molecule has 1 aromatic rings. The molecule has 1 aliphatic rings. The molecule has 0 spiro atoms. The summed E-state index contributed by atoms with van der Waals surface area (Å²) in [5.41, 5.74) is 2.58. The fraction of sp³-hybridized carbons (Fsp3) is 0.667. The van der Waals surface area contributed by atoms with Crippen LogP contribution in [0.3, 0.4) is 0 Å². The van der Waals surface area contributed by atoms with Gasteiger partial charge in [-0.25, -0.2) is 0 Å². The predicted octanol–water partition coefficient (Wildman–Crippen LogP) is 4.85. The lowest BCUT2D eigenvalue weighted by molar-refractivity contribution is 0.527. The summed E-state index contributed by atoms with van der Waals surface area (Å²) >= 11 is 6.58. The molecule has 1 N–H and O–H groups in total.